The Kier molecular flexibility index (Phi) is 3.35. The minimum absolute atomic E-state index is 0.325. The van der Waals surface area contributed by atoms with Gasteiger partial charge in [0.05, 0.1) is 22.0 Å². The Morgan fingerprint density at radius 2 is 1.95 bits per heavy atom. The predicted molar refractivity (Wildman–Crippen MR) is 80.8 cm³/mol. The molecule has 3 rings (SSSR count). The summed E-state index contributed by atoms with van der Waals surface area (Å²) < 4.78 is 0. The van der Waals surface area contributed by atoms with Gasteiger partial charge < -0.3 is 10.2 Å². The highest BCUT2D eigenvalue weighted by atomic mass is 35.5. The van der Waals surface area contributed by atoms with Gasteiger partial charge in [-0.05, 0) is 29.8 Å². The number of anilines is 2. The first-order valence-corrected chi connectivity index (χ1v) is 6.73. The molecule has 0 fully saturated rings. The third-order valence-corrected chi connectivity index (χ3v) is 3.67. The molecule has 5 nitrogen and oxygen atoms in total. The lowest BCUT2D eigenvalue weighted by atomic mass is 10.1. The number of hydrogen-bond acceptors (Lipinski definition) is 4. The van der Waals surface area contributed by atoms with Gasteiger partial charge in [-0.2, -0.15) is 0 Å². The van der Waals surface area contributed by atoms with Gasteiger partial charge in [-0.15, -0.1) is 0 Å². The van der Waals surface area contributed by atoms with Crippen molar-refractivity contribution in [3.63, 3.8) is 0 Å². The van der Waals surface area contributed by atoms with Crippen LogP contribution in [0, 0.1) is 0 Å². The number of aromatic nitrogens is 1. The van der Waals surface area contributed by atoms with E-state index in [9.17, 15) is 9.59 Å². The van der Waals surface area contributed by atoms with Crippen LogP contribution in [0.15, 0.2) is 36.7 Å². The molecule has 0 atom stereocenters. The van der Waals surface area contributed by atoms with Crippen LogP contribution in [-0.2, 0) is 11.3 Å². The Morgan fingerprint density at radius 3 is 2.67 bits per heavy atom. The number of benzene rings is 1. The fraction of sp³-hybridized carbons (Fsp3) is 0.133. The maximum atomic E-state index is 11.6. The molecule has 0 saturated carbocycles. The first kappa shape index (κ1) is 13.6. The maximum absolute atomic E-state index is 11.6. The standard InChI is InChI=1S/C15H12ClN3O2/c1-19(8-9-2-4-17-5-3-9)13-7-12-10(6-11(13)16)14(20)15(21)18-12/h2-7H,8H2,1H3,(H,18,20,21). The smallest absolute Gasteiger partial charge is 0.296 e. The molecule has 0 bridgehead atoms. The van der Waals surface area contributed by atoms with Crippen LogP contribution in [0.2, 0.25) is 5.02 Å². The molecule has 1 aromatic heterocycles. The van der Waals surface area contributed by atoms with Gasteiger partial charge in [-0.3, -0.25) is 14.6 Å². The average Bonchev–Trinajstić information content (AvgIpc) is 2.74. The first-order chi connectivity index (χ1) is 10.1. The average molecular weight is 302 g/mol. The Labute approximate surface area is 126 Å². The highest BCUT2D eigenvalue weighted by Gasteiger charge is 2.29. The summed E-state index contributed by atoms with van der Waals surface area (Å²) in [5.74, 6) is -1.16. The lowest BCUT2D eigenvalue weighted by Gasteiger charge is -2.21. The van der Waals surface area contributed by atoms with Crippen LogP contribution in [0.4, 0.5) is 11.4 Å². The number of carbonyl (C=O) groups is 2. The van der Waals surface area contributed by atoms with Crippen molar-refractivity contribution >= 4 is 34.7 Å². The summed E-state index contributed by atoms with van der Waals surface area (Å²) in [7, 11) is 1.90. The number of ketones is 1. The predicted octanol–water partition coefficient (Wildman–Crippen LogP) is 2.51. The van der Waals surface area contributed by atoms with Crippen LogP contribution < -0.4 is 10.2 Å². The monoisotopic (exact) mass is 301 g/mol. The van der Waals surface area contributed by atoms with E-state index in [1.165, 1.54) is 6.07 Å². The Bertz CT molecular complexity index is 731. The molecule has 21 heavy (non-hydrogen) atoms. The molecule has 1 aliphatic rings. The zero-order valence-corrected chi connectivity index (χ0v) is 12.0. The minimum Gasteiger partial charge on any atom is -0.369 e. The SMILES string of the molecule is CN(Cc1ccncc1)c1cc2c(cc1Cl)C(=O)C(=O)N2. The lowest BCUT2D eigenvalue weighted by molar-refractivity contribution is -0.112. The second-order valence-electron chi connectivity index (χ2n) is 4.84. The summed E-state index contributed by atoms with van der Waals surface area (Å²) in [4.78, 5) is 28.9. The second kappa shape index (κ2) is 5.18. The number of halogens is 1. The van der Waals surface area contributed by atoms with E-state index in [-0.39, 0.29) is 0 Å². The molecular formula is C15H12ClN3O2. The summed E-state index contributed by atoms with van der Waals surface area (Å²) in [6, 6.07) is 7.10. The van der Waals surface area contributed by atoms with Gasteiger partial charge in [-0.1, -0.05) is 11.6 Å². The number of nitrogens with one attached hydrogen (secondary N) is 1. The third-order valence-electron chi connectivity index (χ3n) is 3.37. The third kappa shape index (κ3) is 2.48. The van der Waals surface area contributed by atoms with Crippen molar-refractivity contribution in [3.8, 4) is 0 Å². The molecule has 1 N–H and O–H groups in total. The van der Waals surface area contributed by atoms with Crippen molar-refractivity contribution in [2.75, 3.05) is 17.3 Å². The van der Waals surface area contributed by atoms with Gasteiger partial charge in [0.25, 0.3) is 11.7 Å². The quantitative estimate of drug-likeness (QED) is 0.885. The van der Waals surface area contributed by atoms with Crippen molar-refractivity contribution in [3.05, 3.63) is 52.8 Å². The molecule has 1 aromatic carbocycles. The van der Waals surface area contributed by atoms with Crippen molar-refractivity contribution in [2.45, 2.75) is 6.54 Å². The number of nitrogens with zero attached hydrogens (tertiary/aromatic N) is 2. The molecule has 6 heteroatoms. The zero-order chi connectivity index (χ0) is 15.0. The molecule has 2 heterocycles. The van der Waals surface area contributed by atoms with Crippen LogP contribution in [0.25, 0.3) is 0 Å². The summed E-state index contributed by atoms with van der Waals surface area (Å²) in [6.45, 7) is 0.642. The van der Waals surface area contributed by atoms with Gasteiger partial charge in [0, 0.05) is 26.0 Å². The normalized spacial score (nSPS) is 13.0. The highest BCUT2D eigenvalue weighted by Crippen LogP contribution is 2.35. The molecule has 1 amide bonds. The van der Waals surface area contributed by atoms with Crippen LogP contribution >= 0.6 is 11.6 Å². The van der Waals surface area contributed by atoms with E-state index >= 15 is 0 Å². The van der Waals surface area contributed by atoms with Crippen LogP contribution in [0.1, 0.15) is 15.9 Å². The molecule has 0 spiro atoms. The fourth-order valence-corrected chi connectivity index (χ4v) is 2.60. The Balaban J connectivity index is 1.91. The lowest BCUT2D eigenvalue weighted by Crippen LogP contribution is -2.17. The number of carbonyl (C=O) groups excluding carboxylic acids is 2. The zero-order valence-electron chi connectivity index (χ0n) is 11.3. The number of hydrogen-bond donors (Lipinski definition) is 1. The Hall–Kier alpha value is -2.40. The van der Waals surface area contributed by atoms with E-state index in [2.05, 4.69) is 10.3 Å². The van der Waals surface area contributed by atoms with Crippen molar-refractivity contribution in [1.29, 1.82) is 0 Å². The second-order valence-corrected chi connectivity index (χ2v) is 5.25. The molecule has 0 radical (unpaired) electrons. The number of rotatable bonds is 3. The van der Waals surface area contributed by atoms with E-state index in [1.807, 2.05) is 24.1 Å². The van der Waals surface area contributed by atoms with E-state index < -0.39 is 11.7 Å². The summed E-state index contributed by atoms with van der Waals surface area (Å²) in [5, 5.41) is 2.99. The molecular weight excluding hydrogens is 290 g/mol. The molecule has 106 valence electrons. The van der Waals surface area contributed by atoms with Crippen LogP contribution in [0.5, 0.6) is 0 Å². The molecule has 1 aliphatic heterocycles. The summed E-state index contributed by atoms with van der Waals surface area (Å²) >= 11 is 6.24. The highest BCUT2D eigenvalue weighted by molar-refractivity contribution is 6.52. The van der Waals surface area contributed by atoms with Crippen LogP contribution in [0.3, 0.4) is 0 Å². The minimum atomic E-state index is -0.616. The molecule has 0 aliphatic carbocycles. The maximum Gasteiger partial charge on any atom is 0.296 e. The number of pyridine rings is 1. The van der Waals surface area contributed by atoms with E-state index in [0.29, 0.717) is 22.8 Å². The van der Waals surface area contributed by atoms with Crippen molar-refractivity contribution in [1.82, 2.24) is 4.98 Å². The van der Waals surface area contributed by atoms with E-state index in [0.717, 1.165) is 11.3 Å². The summed E-state index contributed by atoms with van der Waals surface area (Å²) in [5.41, 5.74) is 2.67. The van der Waals surface area contributed by atoms with Gasteiger partial charge in [-0.25, -0.2) is 0 Å². The van der Waals surface area contributed by atoms with Crippen LogP contribution in [-0.4, -0.2) is 23.7 Å². The van der Waals surface area contributed by atoms with E-state index in [4.69, 9.17) is 11.6 Å². The summed E-state index contributed by atoms with van der Waals surface area (Å²) in [6.07, 6.45) is 3.46. The van der Waals surface area contributed by atoms with Crippen molar-refractivity contribution < 1.29 is 9.59 Å². The van der Waals surface area contributed by atoms with Gasteiger partial charge in [0.2, 0.25) is 0 Å². The topological polar surface area (TPSA) is 62.3 Å². The molecule has 0 unspecified atom stereocenters. The van der Waals surface area contributed by atoms with Gasteiger partial charge in [0.15, 0.2) is 0 Å². The fourth-order valence-electron chi connectivity index (χ4n) is 2.29. The molecule has 2 aromatic rings. The van der Waals surface area contributed by atoms with Gasteiger partial charge in [0.1, 0.15) is 0 Å². The Morgan fingerprint density at radius 1 is 1.24 bits per heavy atom. The van der Waals surface area contributed by atoms with E-state index in [1.54, 1.807) is 18.5 Å². The largest absolute Gasteiger partial charge is 0.369 e. The van der Waals surface area contributed by atoms with Crippen molar-refractivity contribution in [2.24, 2.45) is 0 Å². The van der Waals surface area contributed by atoms with Gasteiger partial charge >= 0.3 is 0 Å². The molecule has 0 saturated heterocycles. The first-order valence-electron chi connectivity index (χ1n) is 6.35. The number of fused-ring (bicyclic) bond motifs is 1. The number of Topliss-reactive ketones (excluding diaryl/α,β-unsaturated/α-hetero) is 1. The number of amides is 1.